The molecule has 0 spiro atoms. The van der Waals surface area contributed by atoms with Crippen molar-refractivity contribution in [2.45, 2.75) is 57.9 Å². The molecule has 0 saturated heterocycles. The average molecular weight is 492 g/mol. The van der Waals surface area contributed by atoms with Gasteiger partial charge in [0.25, 0.3) is 0 Å². The van der Waals surface area contributed by atoms with Crippen molar-refractivity contribution in [2.75, 3.05) is 19.0 Å². The summed E-state index contributed by atoms with van der Waals surface area (Å²) in [6.45, 7) is 8.63. The van der Waals surface area contributed by atoms with Crippen molar-refractivity contribution in [1.29, 1.82) is 0 Å². The lowest BCUT2D eigenvalue weighted by atomic mass is 10.1. The van der Waals surface area contributed by atoms with Crippen molar-refractivity contribution in [3.63, 3.8) is 0 Å². The van der Waals surface area contributed by atoms with Crippen molar-refractivity contribution >= 4 is 39.0 Å². The summed E-state index contributed by atoms with van der Waals surface area (Å²) in [4.78, 5) is 12.3. The van der Waals surface area contributed by atoms with Crippen LogP contribution in [0.1, 0.15) is 41.5 Å². The molecule has 0 bridgehead atoms. The molecule has 2 rings (SSSR count). The van der Waals surface area contributed by atoms with Crippen LogP contribution in [0.2, 0.25) is 0 Å². The summed E-state index contributed by atoms with van der Waals surface area (Å²) < 4.78 is 32.5. The van der Waals surface area contributed by atoms with E-state index in [-0.39, 0.29) is 4.90 Å². The van der Waals surface area contributed by atoms with Gasteiger partial charge in [0.15, 0.2) is 5.11 Å². The zero-order valence-electron chi connectivity index (χ0n) is 19.8. The van der Waals surface area contributed by atoms with E-state index >= 15 is 0 Å². The number of hydrogen-bond donors (Lipinski definition) is 3. The standard InChI is InChI=1S/C24H33N3O4S2/c1-16-9-11-20(12-10-16)33(29,30)27-21(23(28)31-5)8-6-7-13-25-24(32)26-22-15-18(3)17(2)14-19(22)4/h9-12,14-15,21,27H,6-8,13H2,1-5H3,(H2,25,26,32). The molecule has 180 valence electrons. The number of anilines is 1. The minimum Gasteiger partial charge on any atom is -0.468 e. The molecule has 2 aromatic carbocycles. The Bertz CT molecular complexity index is 1080. The number of sulfonamides is 1. The van der Waals surface area contributed by atoms with Crippen LogP contribution in [-0.2, 0) is 19.6 Å². The fourth-order valence-electron chi connectivity index (χ4n) is 3.28. The molecule has 33 heavy (non-hydrogen) atoms. The molecule has 0 fully saturated rings. The van der Waals surface area contributed by atoms with E-state index in [1.54, 1.807) is 12.1 Å². The molecule has 0 heterocycles. The lowest BCUT2D eigenvalue weighted by Crippen LogP contribution is -2.41. The molecule has 0 radical (unpaired) electrons. The number of rotatable bonds is 10. The van der Waals surface area contributed by atoms with E-state index in [1.165, 1.54) is 30.4 Å². The van der Waals surface area contributed by atoms with Crippen molar-refractivity contribution < 1.29 is 17.9 Å². The highest BCUT2D eigenvalue weighted by Crippen LogP contribution is 2.20. The van der Waals surface area contributed by atoms with Gasteiger partial charge in [-0.25, -0.2) is 8.42 Å². The van der Waals surface area contributed by atoms with Gasteiger partial charge in [0.1, 0.15) is 6.04 Å². The molecule has 0 aliphatic carbocycles. The minimum absolute atomic E-state index is 0.113. The number of unbranched alkanes of at least 4 members (excludes halogenated alkanes) is 1. The number of thiocarbonyl (C=S) groups is 1. The van der Waals surface area contributed by atoms with Gasteiger partial charge in [-0.1, -0.05) is 23.8 Å². The summed E-state index contributed by atoms with van der Waals surface area (Å²) in [6, 6.07) is 9.69. The molecule has 3 N–H and O–H groups in total. The van der Waals surface area contributed by atoms with Crippen molar-refractivity contribution in [3.8, 4) is 0 Å². The van der Waals surface area contributed by atoms with Crippen molar-refractivity contribution in [3.05, 3.63) is 58.7 Å². The van der Waals surface area contributed by atoms with E-state index in [2.05, 4.69) is 41.3 Å². The Labute approximate surface area is 202 Å². The maximum Gasteiger partial charge on any atom is 0.323 e. The van der Waals surface area contributed by atoms with Crippen LogP contribution in [0.15, 0.2) is 41.3 Å². The largest absolute Gasteiger partial charge is 0.468 e. The fraction of sp³-hybridized carbons (Fsp3) is 0.417. The van der Waals surface area contributed by atoms with Gasteiger partial charge in [-0.15, -0.1) is 0 Å². The highest BCUT2D eigenvalue weighted by Gasteiger charge is 2.26. The van der Waals surface area contributed by atoms with Gasteiger partial charge in [0, 0.05) is 12.2 Å². The first kappa shape index (κ1) is 26.8. The van der Waals surface area contributed by atoms with Gasteiger partial charge < -0.3 is 15.4 Å². The Kier molecular flexibility index (Phi) is 9.82. The number of carbonyl (C=O) groups is 1. The minimum atomic E-state index is -3.83. The topological polar surface area (TPSA) is 96.5 Å². The zero-order valence-corrected chi connectivity index (χ0v) is 21.5. The molecule has 7 nitrogen and oxygen atoms in total. The van der Waals surface area contributed by atoms with Gasteiger partial charge in [-0.2, -0.15) is 4.72 Å². The second kappa shape index (κ2) is 12.1. The van der Waals surface area contributed by atoms with Gasteiger partial charge in [-0.05, 0) is 94.1 Å². The monoisotopic (exact) mass is 491 g/mol. The first-order valence-corrected chi connectivity index (χ1v) is 12.7. The lowest BCUT2D eigenvalue weighted by molar-refractivity contribution is -0.142. The van der Waals surface area contributed by atoms with Crippen LogP contribution in [0.25, 0.3) is 0 Å². The molecular weight excluding hydrogens is 458 g/mol. The Morgan fingerprint density at radius 1 is 1.00 bits per heavy atom. The molecular formula is C24H33N3O4S2. The Morgan fingerprint density at radius 2 is 1.64 bits per heavy atom. The summed E-state index contributed by atoms with van der Waals surface area (Å²) in [7, 11) is -2.58. The Hall–Kier alpha value is -2.49. The van der Waals surface area contributed by atoms with Crippen LogP contribution >= 0.6 is 12.2 Å². The number of ether oxygens (including phenoxy) is 1. The summed E-state index contributed by atoms with van der Waals surface area (Å²) in [5.41, 5.74) is 5.45. The number of hydrogen-bond acceptors (Lipinski definition) is 5. The zero-order chi connectivity index (χ0) is 24.6. The number of esters is 1. The molecule has 0 aromatic heterocycles. The third kappa shape index (κ3) is 8.10. The molecule has 1 atom stereocenters. The first-order valence-electron chi connectivity index (χ1n) is 10.8. The molecule has 2 aromatic rings. The van der Waals surface area contributed by atoms with Gasteiger partial charge in [0.05, 0.1) is 12.0 Å². The highest BCUT2D eigenvalue weighted by atomic mass is 32.2. The van der Waals surface area contributed by atoms with Crippen LogP contribution in [-0.4, -0.2) is 39.2 Å². The average Bonchev–Trinajstić information content (AvgIpc) is 2.76. The summed E-state index contributed by atoms with van der Waals surface area (Å²) >= 11 is 5.38. The maximum absolute atomic E-state index is 12.6. The number of nitrogens with one attached hydrogen (secondary N) is 3. The fourth-order valence-corrected chi connectivity index (χ4v) is 4.71. The quantitative estimate of drug-likeness (QED) is 0.264. The Morgan fingerprint density at radius 3 is 2.27 bits per heavy atom. The van der Waals surface area contributed by atoms with Gasteiger partial charge >= 0.3 is 5.97 Å². The van der Waals surface area contributed by atoms with Crippen LogP contribution in [0.3, 0.4) is 0 Å². The maximum atomic E-state index is 12.6. The highest BCUT2D eigenvalue weighted by molar-refractivity contribution is 7.89. The molecule has 0 saturated carbocycles. The third-order valence-electron chi connectivity index (χ3n) is 5.41. The molecule has 0 amide bonds. The number of carbonyl (C=O) groups excluding carboxylic acids is 1. The second-order valence-corrected chi connectivity index (χ2v) is 10.3. The van der Waals surface area contributed by atoms with Gasteiger partial charge in [0.2, 0.25) is 10.0 Å². The van der Waals surface area contributed by atoms with Crippen LogP contribution in [0.5, 0.6) is 0 Å². The Balaban J connectivity index is 1.84. The second-order valence-electron chi connectivity index (χ2n) is 8.14. The van der Waals surface area contributed by atoms with E-state index in [0.717, 1.165) is 16.8 Å². The smallest absolute Gasteiger partial charge is 0.323 e. The van der Waals surface area contributed by atoms with Crippen LogP contribution in [0.4, 0.5) is 5.69 Å². The van der Waals surface area contributed by atoms with Crippen LogP contribution in [0, 0.1) is 27.7 Å². The summed E-state index contributed by atoms with van der Waals surface area (Å²) in [6.07, 6.45) is 1.62. The normalized spacial score (nSPS) is 12.2. The molecule has 0 aliphatic rings. The summed E-state index contributed by atoms with van der Waals surface area (Å²) in [5, 5.41) is 6.89. The third-order valence-corrected chi connectivity index (χ3v) is 7.14. The van der Waals surface area contributed by atoms with E-state index in [1.807, 2.05) is 13.8 Å². The van der Waals surface area contributed by atoms with Crippen molar-refractivity contribution in [1.82, 2.24) is 10.0 Å². The molecule has 1 unspecified atom stereocenters. The van der Waals surface area contributed by atoms with E-state index in [9.17, 15) is 13.2 Å². The van der Waals surface area contributed by atoms with E-state index in [0.29, 0.717) is 30.9 Å². The number of benzene rings is 2. The first-order chi connectivity index (χ1) is 15.5. The van der Waals surface area contributed by atoms with Crippen LogP contribution < -0.4 is 15.4 Å². The van der Waals surface area contributed by atoms with Gasteiger partial charge in [-0.3, -0.25) is 4.79 Å². The predicted molar refractivity (Wildman–Crippen MR) is 136 cm³/mol. The lowest BCUT2D eigenvalue weighted by Gasteiger charge is -2.17. The molecule has 0 aliphatic heterocycles. The number of methoxy groups -OCH3 is 1. The van der Waals surface area contributed by atoms with E-state index < -0.39 is 22.0 Å². The SMILES string of the molecule is COC(=O)C(CCCCNC(=S)Nc1cc(C)c(C)cc1C)NS(=O)(=O)c1ccc(C)cc1. The van der Waals surface area contributed by atoms with Crippen molar-refractivity contribution in [2.24, 2.45) is 0 Å². The number of aryl methyl sites for hydroxylation is 4. The summed E-state index contributed by atoms with van der Waals surface area (Å²) in [5.74, 6) is -0.610. The molecule has 9 heteroatoms. The van der Waals surface area contributed by atoms with E-state index in [4.69, 9.17) is 17.0 Å². The predicted octanol–water partition coefficient (Wildman–Crippen LogP) is 3.90.